The number of hydrogen-bond acceptors (Lipinski definition) is 6. The van der Waals surface area contributed by atoms with Crippen LogP contribution in [0.4, 0.5) is 5.69 Å². The van der Waals surface area contributed by atoms with Gasteiger partial charge in [0, 0.05) is 17.8 Å². The van der Waals surface area contributed by atoms with Crippen LogP contribution in [0.25, 0.3) is 0 Å². The topological polar surface area (TPSA) is 99.4 Å². The Balaban J connectivity index is 2.53. The zero-order valence-electron chi connectivity index (χ0n) is 12.3. The van der Waals surface area contributed by atoms with Crippen molar-refractivity contribution in [1.29, 1.82) is 0 Å². The molecule has 0 heterocycles. The van der Waals surface area contributed by atoms with Gasteiger partial charge in [-0.25, -0.2) is 0 Å². The van der Waals surface area contributed by atoms with E-state index in [0.29, 0.717) is 13.0 Å². The van der Waals surface area contributed by atoms with Gasteiger partial charge < -0.3 is 20.1 Å². The molecule has 0 unspecified atom stereocenters. The number of nitrogens with zero attached hydrogens (tertiary/aromatic N) is 1. The number of aliphatic imine (C=N–C) groups is 1. The van der Waals surface area contributed by atoms with Crippen LogP contribution in [0.3, 0.4) is 0 Å². The third-order valence-electron chi connectivity index (χ3n) is 2.94. The van der Waals surface area contributed by atoms with Gasteiger partial charge >= 0.3 is 5.97 Å². The average molecular weight is 295 g/mol. The van der Waals surface area contributed by atoms with Crippen molar-refractivity contribution in [3.05, 3.63) is 11.6 Å². The predicted molar refractivity (Wildman–Crippen MR) is 79.4 cm³/mol. The maximum absolute atomic E-state index is 11.3. The van der Waals surface area contributed by atoms with E-state index in [1.165, 1.54) is 13.1 Å². The summed E-state index contributed by atoms with van der Waals surface area (Å²) in [6.07, 6.45) is 3.85. The predicted octanol–water partition coefficient (Wildman–Crippen LogP) is 2.94. The molecule has 0 aliphatic carbocycles. The van der Waals surface area contributed by atoms with Crippen molar-refractivity contribution in [3.63, 3.8) is 0 Å². The van der Waals surface area contributed by atoms with Gasteiger partial charge in [0.15, 0.2) is 11.5 Å². The molecule has 6 heteroatoms. The maximum atomic E-state index is 11.3. The standard InChI is InChI=1S/C15H21NO5/c1-3-4-8-21-13(18)6-5-7-16-11-9-12(17)15(20)10(2)14(11)19/h7,9,17,19-20H,3-6,8H2,1-2H3. The molecule has 116 valence electrons. The molecule has 0 spiro atoms. The zero-order valence-corrected chi connectivity index (χ0v) is 12.3. The van der Waals surface area contributed by atoms with E-state index < -0.39 is 0 Å². The molecule has 0 amide bonds. The number of phenolic OH excluding ortho intramolecular Hbond substituents is 3. The van der Waals surface area contributed by atoms with Gasteiger partial charge in [-0.2, -0.15) is 0 Å². The van der Waals surface area contributed by atoms with Crippen molar-refractivity contribution in [1.82, 2.24) is 0 Å². The fraction of sp³-hybridized carbons (Fsp3) is 0.467. The van der Waals surface area contributed by atoms with E-state index in [0.717, 1.165) is 18.9 Å². The minimum absolute atomic E-state index is 0.141. The summed E-state index contributed by atoms with van der Waals surface area (Å²) < 4.78 is 4.99. The molecule has 21 heavy (non-hydrogen) atoms. The summed E-state index contributed by atoms with van der Waals surface area (Å²) in [6.45, 7) is 3.91. The van der Waals surface area contributed by atoms with E-state index in [-0.39, 0.29) is 40.9 Å². The summed E-state index contributed by atoms with van der Waals surface area (Å²) in [4.78, 5) is 15.3. The van der Waals surface area contributed by atoms with E-state index in [1.807, 2.05) is 6.92 Å². The van der Waals surface area contributed by atoms with E-state index in [1.54, 1.807) is 0 Å². The van der Waals surface area contributed by atoms with Crippen LogP contribution in [0.5, 0.6) is 17.2 Å². The molecule has 0 radical (unpaired) electrons. The van der Waals surface area contributed by atoms with Crippen LogP contribution in [0.2, 0.25) is 0 Å². The quantitative estimate of drug-likeness (QED) is 0.236. The molecule has 0 fully saturated rings. The number of unbranched alkanes of at least 4 members (excludes halogenated alkanes) is 1. The fourth-order valence-electron chi connectivity index (χ4n) is 1.61. The Hall–Kier alpha value is -2.24. The third kappa shape index (κ3) is 4.98. The van der Waals surface area contributed by atoms with Crippen molar-refractivity contribution in [2.75, 3.05) is 6.61 Å². The van der Waals surface area contributed by atoms with E-state index in [4.69, 9.17) is 4.74 Å². The van der Waals surface area contributed by atoms with E-state index in [9.17, 15) is 20.1 Å². The first-order chi connectivity index (χ1) is 9.97. The van der Waals surface area contributed by atoms with Gasteiger partial charge in [0.05, 0.1) is 13.0 Å². The van der Waals surface area contributed by atoms with Crippen molar-refractivity contribution in [2.24, 2.45) is 4.99 Å². The van der Waals surface area contributed by atoms with Gasteiger partial charge in [-0.1, -0.05) is 13.3 Å². The third-order valence-corrected chi connectivity index (χ3v) is 2.94. The van der Waals surface area contributed by atoms with Crippen molar-refractivity contribution in [3.8, 4) is 17.2 Å². The molecule has 0 aliphatic heterocycles. The number of carbonyl (C=O) groups is 1. The highest BCUT2D eigenvalue weighted by molar-refractivity contribution is 5.76. The van der Waals surface area contributed by atoms with E-state index in [2.05, 4.69) is 4.99 Å². The molecule has 1 aromatic rings. The Labute approximate surface area is 123 Å². The highest BCUT2D eigenvalue weighted by atomic mass is 16.5. The average Bonchev–Trinajstić information content (AvgIpc) is 2.46. The Morgan fingerprint density at radius 3 is 2.71 bits per heavy atom. The molecule has 3 N–H and O–H groups in total. The van der Waals surface area contributed by atoms with Crippen LogP contribution in [0.1, 0.15) is 38.2 Å². The van der Waals surface area contributed by atoms with Crippen LogP contribution < -0.4 is 0 Å². The molecule has 0 saturated carbocycles. The first-order valence-electron chi connectivity index (χ1n) is 6.90. The van der Waals surface area contributed by atoms with Gasteiger partial charge in [-0.05, 0) is 19.8 Å². The molecular formula is C15H21NO5. The lowest BCUT2D eigenvalue weighted by atomic mass is 10.1. The van der Waals surface area contributed by atoms with Crippen molar-refractivity contribution >= 4 is 17.9 Å². The number of phenols is 3. The summed E-state index contributed by atoms with van der Waals surface area (Å²) in [5.41, 5.74) is 0.295. The van der Waals surface area contributed by atoms with Crippen LogP contribution in [-0.2, 0) is 9.53 Å². The van der Waals surface area contributed by atoms with E-state index >= 15 is 0 Å². The summed E-state index contributed by atoms with van der Waals surface area (Å²) in [5.74, 6) is -1.21. The normalized spacial score (nSPS) is 11.0. The lowest BCUT2D eigenvalue weighted by Gasteiger charge is -2.07. The summed E-state index contributed by atoms with van der Waals surface area (Å²) in [7, 11) is 0. The molecule has 1 aromatic carbocycles. The second kappa shape index (κ2) is 8.14. The first-order valence-corrected chi connectivity index (χ1v) is 6.90. The molecular weight excluding hydrogens is 274 g/mol. The lowest BCUT2D eigenvalue weighted by Crippen LogP contribution is -2.05. The Kier molecular flexibility index (Phi) is 6.52. The zero-order chi connectivity index (χ0) is 15.8. The summed E-state index contributed by atoms with van der Waals surface area (Å²) in [6, 6.07) is 1.16. The smallest absolute Gasteiger partial charge is 0.306 e. The monoisotopic (exact) mass is 295 g/mol. The summed E-state index contributed by atoms with van der Waals surface area (Å²) in [5, 5.41) is 28.7. The summed E-state index contributed by atoms with van der Waals surface area (Å²) >= 11 is 0. The van der Waals surface area contributed by atoms with Gasteiger partial charge in [0.1, 0.15) is 11.4 Å². The largest absolute Gasteiger partial charge is 0.505 e. The van der Waals surface area contributed by atoms with Crippen molar-refractivity contribution < 1.29 is 24.9 Å². The number of aromatic hydroxyl groups is 3. The number of carbonyl (C=O) groups excluding carboxylic acids is 1. The van der Waals surface area contributed by atoms with Crippen molar-refractivity contribution in [2.45, 2.75) is 39.5 Å². The highest BCUT2D eigenvalue weighted by Crippen LogP contribution is 2.41. The number of hydrogen-bond donors (Lipinski definition) is 3. The van der Waals surface area contributed by atoms with Crippen LogP contribution in [0, 0.1) is 6.92 Å². The Morgan fingerprint density at radius 2 is 2.05 bits per heavy atom. The van der Waals surface area contributed by atoms with Gasteiger partial charge in [-0.3, -0.25) is 9.79 Å². The molecule has 6 nitrogen and oxygen atoms in total. The van der Waals surface area contributed by atoms with Crippen LogP contribution in [-0.4, -0.2) is 34.1 Å². The highest BCUT2D eigenvalue weighted by Gasteiger charge is 2.12. The minimum atomic E-state index is -0.369. The molecule has 0 saturated heterocycles. The second-order valence-electron chi connectivity index (χ2n) is 4.66. The molecule has 0 bridgehead atoms. The fourth-order valence-corrected chi connectivity index (χ4v) is 1.61. The number of rotatable bonds is 7. The molecule has 0 aromatic heterocycles. The van der Waals surface area contributed by atoms with Crippen LogP contribution >= 0.6 is 0 Å². The molecule has 1 rings (SSSR count). The van der Waals surface area contributed by atoms with Gasteiger partial charge in [0.2, 0.25) is 0 Å². The number of benzene rings is 1. The van der Waals surface area contributed by atoms with Gasteiger partial charge in [0.25, 0.3) is 0 Å². The number of esters is 1. The SMILES string of the molecule is CCCCOC(=O)CCC=Nc1cc(O)c(O)c(C)c1O. The van der Waals surface area contributed by atoms with Gasteiger partial charge in [-0.15, -0.1) is 0 Å². The Bertz CT molecular complexity index is 525. The number of ether oxygens (including phenoxy) is 1. The first kappa shape index (κ1) is 16.8. The molecule has 0 atom stereocenters. The second-order valence-corrected chi connectivity index (χ2v) is 4.66. The minimum Gasteiger partial charge on any atom is -0.505 e. The lowest BCUT2D eigenvalue weighted by molar-refractivity contribution is -0.143. The Morgan fingerprint density at radius 1 is 1.33 bits per heavy atom. The maximum Gasteiger partial charge on any atom is 0.306 e. The molecule has 0 aliphatic rings. The van der Waals surface area contributed by atoms with Crippen LogP contribution in [0.15, 0.2) is 11.1 Å².